The van der Waals surface area contributed by atoms with E-state index in [9.17, 15) is 9.59 Å². The molecule has 0 aliphatic rings. The average Bonchev–Trinajstić information content (AvgIpc) is 2.53. The number of amides is 1. The first-order chi connectivity index (χ1) is 11.5. The molecular weight excluding hydrogens is 310 g/mol. The molecule has 0 saturated carbocycles. The van der Waals surface area contributed by atoms with Gasteiger partial charge in [-0.15, -0.1) is 0 Å². The first-order valence-electron chi connectivity index (χ1n) is 8.21. The van der Waals surface area contributed by atoms with Crippen molar-refractivity contribution in [3.63, 3.8) is 0 Å². The van der Waals surface area contributed by atoms with E-state index in [0.717, 1.165) is 5.56 Å². The molecule has 0 aliphatic carbocycles. The summed E-state index contributed by atoms with van der Waals surface area (Å²) in [6.07, 6.45) is 0.0555. The van der Waals surface area contributed by atoms with Crippen molar-refractivity contribution >= 4 is 12.1 Å². The third-order valence-electron chi connectivity index (χ3n) is 3.30. The van der Waals surface area contributed by atoms with Crippen molar-refractivity contribution in [1.82, 2.24) is 5.32 Å². The lowest BCUT2D eigenvalue weighted by atomic mass is 10.0. The summed E-state index contributed by atoms with van der Waals surface area (Å²) in [6, 6.07) is 9.41. The van der Waals surface area contributed by atoms with Crippen molar-refractivity contribution in [1.29, 1.82) is 0 Å². The monoisotopic (exact) mass is 337 g/mol. The minimum atomic E-state index is -0.861. The second-order valence-corrected chi connectivity index (χ2v) is 6.17. The molecule has 2 N–H and O–H groups in total. The molecule has 0 heterocycles. The zero-order valence-electron chi connectivity index (χ0n) is 14.4. The molecule has 0 saturated heterocycles. The minimum absolute atomic E-state index is 0.0266. The van der Waals surface area contributed by atoms with Gasteiger partial charge in [0.15, 0.2) is 0 Å². The van der Waals surface area contributed by atoms with E-state index in [1.807, 2.05) is 44.2 Å². The van der Waals surface area contributed by atoms with E-state index in [1.54, 1.807) is 0 Å². The Morgan fingerprint density at radius 3 is 2.50 bits per heavy atom. The molecule has 1 rings (SSSR count). The van der Waals surface area contributed by atoms with Gasteiger partial charge in [0.1, 0.15) is 6.61 Å². The second-order valence-electron chi connectivity index (χ2n) is 6.17. The molecule has 24 heavy (non-hydrogen) atoms. The summed E-state index contributed by atoms with van der Waals surface area (Å²) in [5, 5.41) is 11.6. The highest BCUT2D eigenvalue weighted by Crippen LogP contribution is 2.10. The van der Waals surface area contributed by atoms with Crippen molar-refractivity contribution < 1.29 is 24.2 Å². The number of hydrogen-bond donors (Lipinski definition) is 2. The summed E-state index contributed by atoms with van der Waals surface area (Å²) < 4.78 is 10.6. The Morgan fingerprint density at radius 1 is 1.17 bits per heavy atom. The summed E-state index contributed by atoms with van der Waals surface area (Å²) >= 11 is 0. The number of carbonyl (C=O) groups excluding carboxylic acids is 1. The van der Waals surface area contributed by atoms with Crippen LogP contribution in [0.2, 0.25) is 0 Å². The summed E-state index contributed by atoms with van der Waals surface area (Å²) in [6.45, 7) is 5.63. The van der Waals surface area contributed by atoms with Crippen LogP contribution < -0.4 is 5.32 Å². The summed E-state index contributed by atoms with van der Waals surface area (Å²) in [5.74, 6) is -0.586. The fourth-order valence-corrected chi connectivity index (χ4v) is 2.11. The van der Waals surface area contributed by atoms with Gasteiger partial charge in [-0.2, -0.15) is 0 Å². The molecule has 0 fully saturated rings. The van der Waals surface area contributed by atoms with Crippen LogP contribution in [0.25, 0.3) is 0 Å². The number of nitrogens with one attached hydrogen (secondary N) is 1. The number of hydrogen-bond acceptors (Lipinski definition) is 4. The molecule has 0 bridgehead atoms. The van der Waals surface area contributed by atoms with Gasteiger partial charge < -0.3 is 19.9 Å². The molecule has 1 atom stereocenters. The van der Waals surface area contributed by atoms with Gasteiger partial charge in [-0.05, 0) is 23.8 Å². The van der Waals surface area contributed by atoms with Crippen molar-refractivity contribution in [2.75, 3.05) is 19.8 Å². The lowest BCUT2D eigenvalue weighted by molar-refractivity contribution is -0.138. The van der Waals surface area contributed by atoms with Crippen LogP contribution in [0.1, 0.15) is 32.3 Å². The number of rotatable bonds is 11. The zero-order chi connectivity index (χ0) is 17.8. The zero-order valence-corrected chi connectivity index (χ0v) is 14.4. The summed E-state index contributed by atoms with van der Waals surface area (Å²) in [4.78, 5) is 22.5. The molecular formula is C18H27NO5. The third-order valence-corrected chi connectivity index (χ3v) is 3.30. The molecule has 0 aliphatic heterocycles. The molecule has 6 nitrogen and oxygen atoms in total. The predicted molar refractivity (Wildman–Crippen MR) is 90.6 cm³/mol. The highest BCUT2D eigenvalue weighted by molar-refractivity contribution is 5.67. The minimum Gasteiger partial charge on any atom is -0.481 e. The molecule has 1 aromatic rings. The fraction of sp³-hybridized carbons (Fsp3) is 0.556. The maximum absolute atomic E-state index is 11.6. The molecule has 0 spiro atoms. The summed E-state index contributed by atoms with van der Waals surface area (Å²) in [5.41, 5.74) is 0.915. The van der Waals surface area contributed by atoms with Crippen molar-refractivity contribution in [3.05, 3.63) is 35.9 Å². The predicted octanol–water partition coefficient (Wildman–Crippen LogP) is 3.07. The number of carboxylic acids is 1. The Hall–Kier alpha value is -2.08. The number of benzene rings is 1. The van der Waals surface area contributed by atoms with Crippen LogP contribution in [-0.4, -0.2) is 36.9 Å². The average molecular weight is 337 g/mol. The number of carboxylic acid groups (broad SMARTS) is 1. The van der Waals surface area contributed by atoms with Gasteiger partial charge in [0, 0.05) is 13.2 Å². The van der Waals surface area contributed by atoms with Crippen LogP contribution in [0.4, 0.5) is 4.79 Å². The Bertz CT molecular complexity index is 489. The van der Waals surface area contributed by atoms with E-state index in [0.29, 0.717) is 32.1 Å². The SMILES string of the molecule is CC(C)COC[C@@H](CCNC(=O)OCc1ccccc1)CC(=O)O. The maximum Gasteiger partial charge on any atom is 0.407 e. The van der Waals surface area contributed by atoms with E-state index < -0.39 is 12.1 Å². The van der Waals surface area contributed by atoms with Gasteiger partial charge in [0.05, 0.1) is 13.0 Å². The topological polar surface area (TPSA) is 84.9 Å². The number of carbonyl (C=O) groups is 2. The van der Waals surface area contributed by atoms with Crippen LogP contribution >= 0.6 is 0 Å². The van der Waals surface area contributed by atoms with Crippen LogP contribution in [-0.2, 0) is 20.9 Å². The Labute approximate surface area is 143 Å². The van der Waals surface area contributed by atoms with Crippen LogP contribution in [0.15, 0.2) is 30.3 Å². The van der Waals surface area contributed by atoms with Gasteiger partial charge in [0.25, 0.3) is 0 Å². The van der Waals surface area contributed by atoms with Gasteiger partial charge in [-0.1, -0.05) is 44.2 Å². The van der Waals surface area contributed by atoms with Crippen LogP contribution in [0, 0.1) is 11.8 Å². The number of ether oxygens (including phenoxy) is 2. The van der Waals surface area contributed by atoms with Gasteiger partial charge in [-0.25, -0.2) is 4.79 Å². The Balaban J connectivity index is 2.24. The van der Waals surface area contributed by atoms with E-state index in [2.05, 4.69) is 5.32 Å². The molecule has 0 unspecified atom stereocenters. The first-order valence-corrected chi connectivity index (χ1v) is 8.21. The van der Waals surface area contributed by atoms with Gasteiger partial charge in [0.2, 0.25) is 0 Å². The van der Waals surface area contributed by atoms with Gasteiger partial charge >= 0.3 is 12.1 Å². The van der Waals surface area contributed by atoms with E-state index >= 15 is 0 Å². The van der Waals surface area contributed by atoms with Crippen LogP contribution in [0.5, 0.6) is 0 Å². The summed E-state index contributed by atoms with van der Waals surface area (Å²) in [7, 11) is 0. The molecule has 134 valence electrons. The number of alkyl carbamates (subject to hydrolysis) is 1. The smallest absolute Gasteiger partial charge is 0.407 e. The molecule has 0 aromatic heterocycles. The second kappa shape index (κ2) is 11.5. The van der Waals surface area contributed by atoms with E-state index in [-0.39, 0.29) is 18.9 Å². The normalized spacial score (nSPS) is 12.0. The fourth-order valence-electron chi connectivity index (χ4n) is 2.11. The van der Waals surface area contributed by atoms with Crippen molar-refractivity contribution in [3.8, 4) is 0 Å². The lowest BCUT2D eigenvalue weighted by Crippen LogP contribution is -2.28. The van der Waals surface area contributed by atoms with E-state index in [4.69, 9.17) is 14.6 Å². The Kier molecular flexibility index (Phi) is 9.53. The molecule has 1 aromatic carbocycles. The molecule has 1 amide bonds. The van der Waals surface area contributed by atoms with Crippen molar-refractivity contribution in [2.24, 2.45) is 11.8 Å². The quantitative estimate of drug-likeness (QED) is 0.648. The highest BCUT2D eigenvalue weighted by atomic mass is 16.5. The van der Waals surface area contributed by atoms with Crippen molar-refractivity contribution in [2.45, 2.75) is 33.3 Å². The lowest BCUT2D eigenvalue weighted by Gasteiger charge is -2.16. The van der Waals surface area contributed by atoms with E-state index in [1.165, 1.54) is 0 Å². The molecule has 6 heteroatoms. The third kappa shape index (κ3) is 9.84. The Morgan fingerprint density at radius 2 is 1.88 bits per heavy atom. The first kappa shape index (κ1) is 20.0. The highest BCUT2D eigenvalue weighted by Gasteiger charge is 2.14. The van der Waals surface area contributed by atoms with Crippen LogP contribution in [0.3, 0.4) is 0 Å². The molecule has 0 radical (unpaired) electrons. The standard InChI is InChI=1S/C18H27NO5/c1-14(2)11-23-12-16(10-17(20)21)8-9-19-18(22)24-13-15-6-4-3-5-7-15/h3-7,14,16H,8-13H2,1-2H3,(H,19,22)(H,20,21)/t16-/m0/s1. The largest absolute Gasteiger partial charge is 0.481 e. The van der Waals surface area contributed by atoms with Gasteiger partial charge in [-0.3, -0.25) is 4.79 Å². The number of aliphatic carboxylic acids is 1. The maximum atomic E-state index is 11.6.